The number of anilines is 1. The lowest BCUT2D eigenvalue weighted by molar-refractivity contribution is -0.136. The lowest BCUT2D eigenvalue weighted by Gasteiger charge is -2.36. The molecular weight excluding hydrogens is 470 g/mol. The van der Waals surface area contributed by atoms with Crippen LogP contribution in [-0.4, -0.2) is 22.5 Å². The number of carbonyl (C=O) groups is 1. The van der Waals surface area contributed by atoms with Crippen LogP contribution in [0.4, 0.5) is 28.0 Å². The minimum absolute atomic E-state index is 0.245. The Bertz CT molecular complexity index is 1380. The highest BCUT2D eigenvalue weighted by Gasteiger charge is 2.37. The molecule has 1 aliphatic rings. The summed E-state index contributed by atoms with van der Waals surface area (Å²) in [5.41, 5.74) is 1.87. The number of aromatic amines is 1. The molecule has 1 atom stereocenters. The van der Waals surface area contributed by atoms with Gasteiger partial charge in [0.05, 0.1) is 17.3 Å². The molecule has 1 unspecified atom stereocenters. The maximum absolute atomic E-state index is 13.6. The van der Waals surface area contributed by atoms with E-state index in [9.17, 15) is 22.4 Å². The molecule has 0 fully saturated rings. The molecule has 1 aliphatic heterocycles. The summed E-state index contributed by atoms with van der Waals surface area (Å²) in [7, 11) is 0. The van der Waals surface area contributed by atoms with Crippen molar-refractivity contribution in [2.75, 3.05) is 11.9 Å². The van der Waals surface area contributed by atoms with Crippen molar-refractivity contribution in [1.29, 1.82) is 0 Å². The van der Waals surface area contributed by atoms with Crippen LogP contribution in [0.3, 0.4) is 0 Å². The van der Waals surface area contributed by atoms with Gasteiger partial charge in [0, 0.05) is 28.2 Å². The molecule has 34 heavy (non-hydrogen) atoms. The summed E-state index contributed by atoms with van der Waals surface area (Å²) in [6.07, 6.45) is -4.15. The average molecular weight is 488 g/mol. The number of hydrogen-bond donors (Lipinski definition) is 2. The van der Waals surface area contributed by atoms with Gasteiger partial charge in [0.25, 0.3) is 0 Å². The van der Waals surface area contributed by atoms with E-state index < -0.39 is 29.6 Å². The van der Waals surface area contributed by atoms with Crippen LogP contribution in [-0.2, 0) is 12.6 Å². The van der Waals surface area contributed by atoms with Gasteiger partial charge in [-0.1, -0.05) is 35.9 Å². The number of aromatic nitrogens is 1. The van der Waals surface area contributed by atoms with Crippen molar-refractivity contribution in [2.45, 2.75) is 18.6 Å². The van der Waals surface area contributed by atoms with E-state index in [0.717, 1.165) is 28.2 Å². The zero-order valence-corrected chi connectivity index (χ0v) is 18.3. The number of H-pyrrole nitrogens is 1. The molecule has 174 valence electrons. The summed E-state index contributed by atoms with van der Waals surface area (Å²) in [6.45, 7) is 0.245. The minimum atomic E-state index is -4.62. The number of hydrogen-bond acceptors (Lipinski definition) is 1. The lowest BCUT2D eigenvalue weighted by atomic mass is 9.92. The SMILES string of the molecule is O=C(Nc1ccccc1C(F)(F)F)N1CCc2c([nH]c3ccc(Cl)cc23)C1c1ccc(F)cc1. The fourth-order valence-electron chi connectivity index (χ4n) is 4.50. The lowest BCUT2D eigenvalue weighted by Crippen LogP contribution is -2.43. The molecule has 2 amide bonds. The van der Waals surface area contributed by atoms with Crippen molar-refractivity contribution in [3.05, 3.63) is 100.0 Å². The summed E-state index contributed by atoms with van der Waals surface area (Å²) >= 11 is 6.19. The van der Waals surface area contributed by atoms with E-state index in [2.05, 4.69) is 10.3 Å². The number of fused-ring (bicyclic) bond motifs is 3. The number of nitrogens with one attached hydrogen (secondary N) is 2. The molecule has 5 rings (SSSR count). The first kappa shape index (κ1) is 22.3. The zero-order valence-electron chi connectivity index (χ0n) is 17.6. The van der Waals surface area contributed by atoms with Crippen molar-refractivity contribution < 1.29 is 22.4 Å². The molecule has 0 saturated heterocycles. The minimum Gasteiger partial charge on any atom is -0.356 e. The van der Waals surface area contributed by atoms with Gasteiger partial charge < -0.3 is 15.2 Å². The molecule has 2 N–H and O–H groups in total. The Kier molecular flexibility index (Phi) is 5.48. The molecule has 1 aromatic heterocycles. The number of nitrogens with zero attached hydrogens (tertiary/aromatic N) is 1. The second kappa shape index (κ2) is 8.36. The number of alkyl halides is 3. The van der Waals surface area contributed by atoms with Gasteiger partial charge in [-0.2, -0.15) is 13.2 Å². The van der Waals surface area contributed by atoms with E-state index in [1.165, 1.54) is 35.2 Å². The smallest absolute Gasteiger partial charge is 0.356 e. The Morgan fingerprint density at radius 1 is 1.06 bits per heavy atom. The molecule has 2 heterocycles. The third kappa shape index (κ3) is 3.98. The van der Waals surface area contributed by atoms with E-state index in [-0.39, 0.29) is 12.2 Å². The van der Waals surface area contributed by atoms with Gasteiger partial charge in [-0.25, -0.2) is 9.18 Å². The largest absolute Gasteiger partial charge is 0.418 e. The number of amides is 2. The predicted molar refractivity (Wildman–Crippen MR) is 122 cm³/mol. The van der Waals surface area contributed by atoms with Gasteiger partial charge in [-0.3, -0.25) is 0 Å². The van der Waals surface area contributed by atoms with E-state index in [1.54, 1.807) is 18.2 Å². The van der Waals surface area contributed by atoms with Crippen LogP contribution >= 0.6 is 11.6 Å². The van der Waals surface area contributed by atoms with Crippen molar-refractivity contribution in [3.63, 3.8) is 0 Å². The van der Waals surface area contributed by atoms with E-state index in [4.69, 9.17) is 11.6 Å². The first-order chi connectivity index (χ1) is 16.2. The molecule has 0 bridgehead atoms. The second-order valence-corrected chi connectivity index (χ2v) is 8.51. The van der Waals surface area contributed by atoms with Crippen molar-refractivity contribution in [2.24, 2.45) is 0 Å². The van der Waals surface area contributed by atoms with Crippen LogP contribution in [0.5, 0.6) is 0 Å². The standard InChI is InChI=1S/C25H18ClF4N3O/c26-15-7-10-20-18(13-15)17-11-12-33(23(22(17)31-20)14-5-8-16(27)9-6-14)24(34)32-21-4-2-1-3-19(21)25(28,29)30/h1-10,13,23,31H,11-12H2,(H,32,34). The van der Waals surface area contributed by atoms with Gasteiger partial charge in [-0.05, 0) is 60.0 Å². The van der Waals surface area contributed by atoms with Gasteiger partial charge in [0.1, 0.15) is 5.82 Å². The van der Waals surface area contributed by atoms with Crippen molar-refractivity contribution in [3.8, 4) is 0 Å². The Morgan fingerprint density at radius 2 is 1.79 bits per heavy atom. The highest BCUT2D eigenvalue weighted by Crippen LogP contribution is 2.40. The molecule has 4 nitrogen and oxygen atoms in total. The summed E-state index contributed by atoms with van der Waals surface area (Å²) in [5, 5.41) is 3.91. The van der Waals surface area contributed by atoms with Crippen LogP contribution in [0.25, 0.3) is 10.9 Å². The van der Waals surface area contributed by atoms with Crippen LogP contribution in [0.15, 0.2) is 66.7 Å². The van der Waals surface area contributed by atoms with Crippen molar-refractivity contribution >= 4 is 34.2 Å². The van der Waals surface area contributed by atoms with Gasteiger partial charge in [0.15, 0.2) is 0 Å². The Labute approximate surface area is 197 Å². The Morgan fingerprint density at radius 3 is 2.53 bits per heavy atom. The molecule has 0 radical (unpaired) electrons. The number of para-hydroxylation sites is 1. The molecule has 0 saturated carbocycles. The summed E-state index contributed by atoms with van der Waals surface area (Å²) in [4.78, 5) is 18.1. The fraction of sp³-hybridized carbons (Fsp3) is 0.160. The van der Waals surface area contributed by atoms with Crippen LogP contribution in [0.2, 0.25) is 5.02 Å². The highest BCUT2D eigenvalue weighted by molar-refractivity contribution is 6.31. The first-order valence-electron chi connectivity index (χ1n) is 10.5. The van der Waals surface area contributed by atoms with Gasteiger partial charge in [-0.15, -0.1) is 0 Å². The molecular formula is C25H18ClF4N3O. The average Bonchev–Trinajstić information content (AvgIpc) is 3.16. The normalized spacial score (nSPS) is 15.9. The number of carbonyl (C=O) groups excluding carboxylic acids is 1. The van der Waals surface area contributed by atoms with Crippen molar-refractivity contribution in [1.82, 2.24) is 9.88 Å². The third-order valence-corrected chi connectivity index (χ3v) is 6.24. The van der Waals surface area contributed by atoms with Gasteiger partial charge in [0.2, 0.25) is 0 Å². The topological polar surface area (TPSA) is 48.1 Å². The number of urea groups is 1. The number of rotatable bonds is 2. The maximum Gasteiger partial charge on any atom is 0.418 e. The zero-order chi connectivity index (χ0) is 24.0. The van der Waals surface area contributed by atoms with E-state index in [0.29, 0.717) is 17.0 Å². The molecule has 9 heteroatoms. The Balaban J connectivity index is 1.58. The number of benzene rings is 3. The fourth-order valence-corrected chi connectivity index (χ4v) is 4.67. The number of halogens is 5. The monoisotopic (exact) mass is 487 g/mol. The maximum atomic E-state index is 13.6. The molecule has 3 aromatic carbocycles. The summed E-state index contributed by atoms with van der Waals surface area (Å²) in [5.74, 6) is -0.432. The van der Waals surface area contributed by atoms with E-state index >= 15 is 0 Å². The summed E-state index contributed by atoms with van der Waals surface area (Å²) < 4.78 is 54.0. The van der Waals surface area contributed by atoms with E-state index in [1.807, 2.05) is 12.1 Å². The highest BCUT2D eigenvalue weighted by atomic mass is 35.5. The van der Waals surface area contributed by atoms with Crippen LogP contribution < -0.4 is 5.32 Å². The molecule has 0 aliphatic carbocycles. The first-order valence-corrected chi connectivity index (χ1v) is 10.9. The molecule has 4 aromatic rings. The predicted octanol–water partition coefficient (Wildman–Crippen LogP) is 7.16. The quantitative estimate of drug-likeness (QED) is 0.290. The Hall–Kier alpha value is -3.52. The van der Waals surface area contributed by atoms with Crippen LogP contribution in [0.1, 0.15) is 28.4 Å². The van der Waals surface area contributed by atoms with Crippen LogP contribution in [0, 0.1) is 5.82 Å². The second-order valence-electron chi connectivity index (χ2n) is 8.08. The molecule has 0 spiro atoms. The summed E-state index contributed by atoms with van der Waals surface area (Å²) in [6, 6.07) is 14.6. The van der Waals surface area contributed by atoms with Gasteiger partial charge >= 0.3 is 12.2 Å². The third-order valence-electron chi connectivity index (χ3n) is 6.01.